The number of aromatic nitrogens is 3. The fraction of sp³-hybridized carbons (Fsp3) is 0.0909. The normalized spacial score (nSPS) is 9.81. The number of pyridine rings is 1. The van der Waals surface area contributed by atoms with Gasteiger partial charge >= 0.3 is 0 Å². The quantitative estimate of drug-likeness (QED) is 0.717. The molecular weight excluding hydrogens is 206 g/mol. The van der Waals surface area contributed by atoms with Gasteiger partial charge in [0.2, 0.25) is 5.78 Å². The maximum absolute atomic E-state index is 12.0. The molecule has 0 aliphatic rings. The highest BCUT2D eigenvalue weighted by Gasteiger charge is 2.15. The van der Waals surface area contributed by atoms with Crippen molar-refractivity contribution in [2.24, 2.45) is 0 Å². The van der Waals surface area contributed by atoms with Gasteiger partial charge in [0.1, 0.15) is 12.1 Å². The molecule has 0 bridgehead atoms. The molecule has 5 nitrogen and oxygen atoms in total. The summed E-state index contributed by atoms with van der Waals surface area (Å²) in [5.41, 5.74) is 0.652. The SMILES string of the molecule is COc1cccnc1C(=O)c1cncnc1. The van der Waals surface area contributed by atoms with Crippen LogP contribution in [0, 0.1) is 0 Å². The Morgan fingerprint density at radius 2 is 2.06 bits per heavy atom. The summed E-state index contributed by atoms with van der Waals surface area (Å²) in [4.78, 5) is 23.6. The van der Waals surface area contributed by atoms with Crippen molar-refractivity contribution >= 4 is 5.78 Å². The van der Waals surface area contributed by atoms with E-state index in [1.807, 2.05) is 0 Å². The molecule has 2 heterocycles. The predicted molar refractivity (Wildman–Crippen MR) is 56.3 cm³/mol. The van der Waals surface area contributed by atoms with Gasteiger partial charge in [-0.25, -0.2) is 15.0 Å². The van der Waals surface area contributed by atoms with Crippen LogP contribution in [0.4, 0.5) is 0 Å². The summed E-state index contributed by atoms with van der Waals surface area (Å²) in [6.45, 7) is 0. The van der Waals surface area contributed by atoms with Crippen LogP contribution in [-0.4, -0.2) is 27.8 Å². The van der Waals surface area contributed by atoms with Crippen molar-refractivity contribution in [1.82, 2.24) is 15.0 Å². The van der Waals surface area contributed by atoms with Crippen molar-refractivity contribution in [2.45, 2.75) is 0 Å². The lowest BCUT2D eigenvalue weighted by atomic mass is 10.1. The maximum Gasteiger partial charge on any atom is 0.218 e. The van der Waals surface area contributed by atoms with Crippen LogP contribution in [-0.2, 0) is 0 Å². The molecule has 80 valence electrons. The van der Waals surface area contributed by atoms with E-state index in [0.717, 1.165) is 0 Å². The summed E-state index contributed by atoms with van der Waals surface area (Å²) in [6, 6.07) is 3.39. The number of hydrogen-bond donors (Lipinski definition) is 0. The van der Waals surface area contributed by atoms with Crippen molar-refractivity contribution in [1.29, 1.82) is 0 Å². The highest BCUT2D eigenvalue weighted by molar-refractivity contribution is 6.08. The zero-order valence-electron chi connectivity index (χ0n) is 8.62. The van der Waals surface area contributed by atoms with Gasteiger partial charge in [-0.3, -0.25) is 4.79 Å². The number of carbonyl (C=O) groups excluding carboxylic acids is 1. The third-order valence-electron chi connectivity index (χ3n) is 2.03. The van der Waals surface area contributed by atoms with Gasteiger partial charge in [-0.05, 0) is 12.1 Å². The lowest BCUT2D eigenvalue weighted by Crippen LogP contribution is -2.07. The van der Waals surface area contributed by atoms with Crippen LogP contribution in [0.3, 0.4) is 0 Å². The molecule has 0 saturated carbocycles. The average molecular weight is 215 g/mol. The zero-order valence-corrected chi connectivity index (χ0v) is 8.62. The van der Waals surface area contributed by atoms with Crippen molar-refractivity contribution < 1.29 is 9.53 Å². The Labute approximate surface area is 92.2 Å². The smallest absolute Gasteiger partial charge is 0.218 e. The van der Waals surface area contributed by atoms with Gasteiger partial charge in [0, 0.05) is 18.6 Å². The highest BCUT2D eigenvalue weighted by Crippen LogP contribution is 2.17. The van der Waals surface area contributed by atoms with Gasteiger partial charge in [0.25, 0.3) is 0 Å². The van der Waals surface area contributed by atoms with E-state index in [1.165, 1.54) is 25.8 Å². The van der Waals surface area contributed by atoms with Crippen molar-refractivity contribution in [2.75, 3.05) is 7.11 Å². The van der Waals surface area contributed by atoms with E-state index in [-0.39, 0.29) is 11.5 Å². The van der Waals surface area contributed by atoms with Crippen LogP contribution >= 0.6 is 0 Å². The van der Waals surface area contributed by atoms with E-state index in [4.69, 9.17) is 4.74 Å². The molecule has 0 amide bonds. The summed E-state index contributed by atoms with van der Waals surface area (Å²) in [5, 5.41) is 0. The summed E-state index contributed by atoms with van der Waals surface area (Å²) < 4.78 is 5.06. The second-order valence-corrected chi connectivity index (χ2v) is 3.01. The molecular formula is C11H9N3O2. The van der Waals surface area contributed by atoms with Gasteiger partial charge in [-0.2, -0.15) is 0 Å². The monoisotopic (exact) mass is 215 g/mol. The Bertz CT molecular complexity index is 500. The number of nitrogens with zero attached hydrogens (tertiary/aromatic N) is 3. The Balaban J connectivity index is 2.42. The highest BCUT2D eigenvalue weighted by atomic mass is 16.5. The number of hydrogen-bond acceptors (Lipinski definition) is 5. The second kappa shape index (κ2) is 4.48. The van der Waals surface area contributed by atoms with Crippen LogP contribution in [0.5, 0.6) is 5.75 Å². The molecule has 0 aromatic carbocycles. The first-order valence-corrected chi connectivity index (χ1v) is 4.61. The molecule has 0 unspecified atom stereocenters. The predicted octanol–water partition coefficient (Wildman–Crippen LogP) is 1.11. The Morgan fingerprint density at radius 3 is 2.75 bits per heavy atom. The molecule has 5 heteroatoms. The summed E-state index contributed by atoms with van der Waals surface area (Å²) in [6.07, 6.45) is 5.80. The lowest BCUT2D eigenvalue weighted by Gasteiger charge is -2.04. The Hall–Kier alpha value is -2.30. The molecule has 0 atom stereocenters. The van der Waals surface area contributed by atoms with Gasteiger partial charge < -0.3 is 4.74 Å². The molecule has 0 N–H and O–H groups in total. The van der Waals surface area contributed by atoms with Gasteiger partial charge in [-0.1, -0.05) is 0 Å². The van der Waals surface area contributed by atoms with E-state index in [2.05, 4.69) is 15.0 Å². The molecule has 2 rings (SSSR count). The standard InChI is InChI=1S/C11H9N3O2/c1-16-9-3-2-4-14-10(9)11(15)8-5-12-7-13-6-8/h2-7H,1H3. The molecule has 2 aromatic rings. The lowest BCUT2D eigenvalue weighted by molar-refractivity contribution is 0.103. The maximum atomic E-state index is 12.0. The summed E-state index contributed by atoms with van der Waals surface area (Å²) >= 11 is 0. The van der Waals surface area contributed by atoms with Crippen LogP contribution in [0.15, 0.2) is 37.1 Å². The minimum atomic E-state index is -0.252. The number of carbonyl (C=O) groups is 1. The fourth-order valence-corrected chi connectivity index (χ4v) is 1.28. The molecule has 0 aliphatic carbocycles. The van der Waals surface area contributed by atoms with Crippen molar-refractivity contribution in [3.63, 3.8) is 0 Å². The van der Waals surface area contributed by atoms with Crippen LogP contribution in [0.1, 0.15) is 16.1 Å². The van der Waals surface area contributed by atoms with Crippen molar-refractivity contribution in [3.05, 3.63) is 48.3 Å². The number of methoxy groups -OCH3 is 1. The largest absolute Gasteiger partial charge is 0.494 e. The first-order valence-electron chi connectivity index (χ1n) is 4.61. The van der Waals surface area contributed by atoms with Crippen LogP contribution in [0.25, 0.3) is 0 Å². The van der Waals surface area contributed by atoms with Gasteiger partial charge in [-0.15, -0.1) is 0 Å². The first-order chi connectivity index (χ1) is 7.83. The molecule has 16 heavy (non-hydrogen) atoms. The van der Waals surface area contributed by atoms with E-state index in [0.29, 0.717) is 11.3 Å². The minimum absolute atomic E-state index is 0.252. The molecule has 0 fully saturated rings. The third-order valence-corrected chi connectivity index (χ3v) is 2.03. The molecule has 0 radical (unpaired) electrons. The Morgan fingerprint density at radius 1 is 1.31 bits per heavy atom. The minimum Gasteiger partial charge on any atom is -0.494 e. The van der Waals surface area contributed by atoms with Gasteiger partial charge in [0.15, 0.2) is 5.69 Å². The van der Waals surface area contributed by atoms with E-state index in [9.17, 15) is 4.79 Å². The van der Waals surface area contributed by atoms with Crippen LogP contribution < -0.4 is 4.74 Å². The molecule has 0 saturated heterocycles. The first kappa shape index (κ1) is 10.2. The van der Waals surface area contributed by atoms with Crippen LogP contribution in [0.2, 0.25) is 0 Å². The van der Waals surface area contributed by atoms with Gasteiger partial charge in [0.05, 0.1) is 12.7 Å². The number of ether oxygens (including phenoxy) is 1. The zero-order chi connectivity index (χ0) is 11.4. The molecule has 0 spiro atoms. The average Bonchev–Trinajstić information content (AvgIpc) is 2.39. The molecule has 2 aromatic heterocycles. The topological polar surface area (TPSA) is 65.0 Å². The van der Waals surface area contributed by atoms with E-state index < -0.39 is 0 Å². The fourth-order valence-electron chi connectivity index (χ4n) is 1.28. The summed E-state index contributed by atoms with van der Waals surface area (Å²) in [7, 11) is 1.50. The summed E-state index contributed by atoms with van der Waals surface area (Å²) in [5.74, 6) is 0.189. The number of ketones is 1. The third kappa shape index (κ3) is 1.88. The Kier molecular flexibility index (Phi) is 2.86. The molecule has 0 aliphatic heterocycles. The second-order valence-electron chi connectivity index (χ2n) is 3.01. The number of rotatable bonds is 3. The van der Waals surface area contributed by atoms with Crippen molar-refractivity contribution in [3.8, 4) is 5.75 Å². The van der Waals surface area contributed by atoms with E-state index >= 15 is 0 Å². The van der Waals surface area contributed by atoms with E-state index in [1.54, 1.807) is 18.3 Å².